The van der Waals surface area contributed by atoms with Gasteiger partial charge in [0, 0.05) is 31.2 Å². The zero-order chi connectivity index (χ0) is 21.7. The van der Waals surface area contributed by atoms with Crippen molar-refractivity contribution in [1.82, 2.24) is 10.2 Å². The molecular formula is C19H33N2NaO5. The minimum absolute atomic E-state index is 0.204. The molecule has 8 heteroatoms. The first-order valence-corrected chi connectivity index (χ1v) is 10.1. The standard InChI is InChI=1S/C10H19NO2.C4H7NO.C3H4O2.C2H3.Na/c1-5-11(6-2)7-8-13-10(12)9(3)4;6-4-2-1-3-5-4;1-2-3(4)5;1-2;/h3,5-8H2,1-2,4H3;1-3H2,(H,5,6);2H,1H2,(H,4,5);1H,2H2;. The van der Waals surface area contributed by atoms with Crippen LogP contribution in [0.15, 0.2) is 34.7 Å². The number of nitrogens with zero attached hydrogens (tertiary/aromatic N) is 1. The minimum Gasteiger partial charge on any atom is -0.356 e. The summed E-state index contributed by atoms with van der Waals surface area (Å²) in [4.78, 5) is 32.5. The van der Waals surface area contributed by atoms with Crippen LogP contribution in [0.5, 0.6) is 0 Å². The average molecular weight is 392 g/mol. The maximum atomic E-state index is 11.0. The van der Waals surface area contributed by atoms with E-state index in [0.717, 1.165) is 73.0 Å². The van der Waals surface area contributed by atoms with E-state index in [0.29, 0.717) is 12.2 Å². The van der Waals surface area contributed by atoms with Gasteiger partial charge in [0.05, 0.1) is 0 Å². The van der Waals surface area contributed by atoms with Gasteiger partial charge in [0.15, 0.2) is 0 Å². The number of aliphatic carboxylic acids is 1. The average Bonchev–Trinajstić information content (AvgIpc) is 3.11. The van der Waals surface area contributed by atoms with Gasteiger partial charge in [0.2, 0.25) is 5.91 Å². The van der Waals surface area contributed by atoms with E-state index >= 15 is 0 Å². The normalized spacial score (nSPS) is 11.3. The molecule has 0 bridgehead atoms. The molecule has 1 rings (SSSR count). The Bertz CT molecular complexity index is 455. The van der Waals surface area contributed by atoms with Crippen LogP contribution < -0.4 is 5.32 Å². The number of rotatable bonds is 7. The van der Waals surface area contributed by atoms with Crippen molar-refractivity contribution in [1.29, 1.82) is 0 Å². The molecule has 0 radical (unpaired) electrons. The fourth-order valence-corrected chi connectivity index (χ4v) is 1.50. The molecule has 2 N–H and O–H groups in total. The van der Waals surface area contributed by atoms with Crippen LogP contribution in [0.3, 0.4) is 0 Å². The first kappa shape index (κ1) is 30.3. The number of carboxylic acids is 1. The van der Waals surface area contributed by atoms with Gasteiger partial charge in [-0.15, -0.1) is 0 Å². The van der Waals surface area contributed by atoms with Crippen LogP contribution in [-0.4, -0.2) is 88.6 Å². The first-order valence-electron chi connectivity index (χ1n) is 8.93. The van der Waals surface area contributed by atoms with Crippen LogP contribution in [0.2, 0.25) is 0 Å². The molecule has 1 fully saturated rings. The molecule has 1 heterocycles. The summed E-state index contributed by atoms with van der Waals surface area (Å²) in [6, 6.07) is 0. The number of hydrogen-bond donors (Lipinski definition) is 2. The second-order valence-corrected chi connectivity index (χ2v) is 6.16. The second kappa shape index (κ2) is 22.6. The fraction of sp³-hybridized carbons (Fsp3) is 0.526. The molecule has 0 aliphatic carbocycles. The molecule has 0 saturated carbocycles. The molecule has 0 unspecified atom stereocenters. The van der Waals surface area contributed by atoms with E-state index in [4.69, 9.17) is 9.84 Å². The van der Waals surface area contributed by atoms with Gasteiger partial charge in [-0.1, -0.05) is 27.0 Å². The molecule has 27 heavy (non-hydrogen) atoms. The topological polar surface area (TPSA) is 95.9 Å². The van der Waals surface area contributed by atoms with Crippen molar-refractivity contribution in [3.63, 3.8) is 0 Å². The molecule has 1 amide bonds. The number of carbonyl (C=O) groups is 3. The van der Waals surface area contributed by atoms with Gasteiger partial charge in [-0.25, -0.2) is 9.59 Å². The number of carbonyl (C=O) groups excluding carboxylic acids is 2. The second-order valence-electron chi connectivity index (χ2n) is 5.35. The van der Waals surface area contributed by atoms with Crippen molar-refractivity contribution in [3.8, 4) is 0 Å². The monoisotopic (exact) mass is 392 g/mol. The van der Waals surface area contributed by atoms with Gasteiger partial charge in [-0.05, 0) is 26.4 Å². The maximum Gasteiger partial charge on any atom is 0.220 e. The van der Waals surface area contributed by atoms with Gasteiger partial charge in [0.25, 0.3) is 0 Å². The van der Waals surface area contributed by atoms with Crippen molar-refractivity contribution >= 4 is 45.8 Å². The van der Waals surface area contributed by atoms with E-state index in [1.165, 1.54) is 0 Å². The van der Waals surface area contributed by atoms with E-state index in [2.05, 4.69) is 43.8 Å². The van der Waals surface area contributed by atoms with E-state index in [1.807, 2.05) is 3.33 Å². The quantitative estimate of drug-likeness (QED) is 0.390. The summed E-state index contributed by atoms with van der Waals surface area (Å²) in [7, 11) is 0. The van der Waals surface area contributed by atoms with Crippen LogP contribution in [0.25, 0.3) is 0 Å². The predicted octanol–water partition coefficient (Wildman–Crippen LogP) is 1.90. The minimum atomic E-state index is -0.981. The smallest absolute Gasteiger partial charge is 0.220 e. The van der Waals surface area contributed by atoms with Crippen LogP contribution in [0.1, 0.15) is 33.6 Å². The van der Waals surface area contributed by atoms with E-state index in [-0.39, 0.29) is 11.9 Å². The number of hydrogen-bond acceptors (Lipinski definition) is 5. The summed E-state index contributed by atoms with van der Waals surface area (Å²) in [6.07, 6.45) is 2.60. The van der Waals surface area contributed by atoms with Crippen molar-refractivity contribution < 1.29 is 24.2 Å². The first-order chi connectivity index (χ1) is 12.7. The molecule has 0 aromatic heterocycles. The Kier molecular flexibility index (Phi) is 25.4. The zero-order valence-electron chi connectivity index (χ0n) is 17.3. The molecule has 150 valence electrons. The summed E-state index contributed by atoms with van der Waals surface area (Å²) >= 11 is 1.13. The largest absolute Gasteiger partial charge is 0.356 e. The molecule has 0 aromatic carbocycles. The Morgan fingerprint density at radius 1 is 1.33 bits per heavy atom. The molecule has 0 aromatic rings. The fourth-order valence-electron chi connectivity index (χ4n) is 1.50. The van der Waals surface area contributed by atoms with Crippen molar-refractivity contribution in [2.75, 3.05) is 32.8 Å². The number of amides is 1. The van der Waals surface area contributed by atoms with Crippen LogP contribution in [0, 0.1) is 0 Å². The number of likely N-dealkylation sites (N-methyl/N-ethyl adjacent to an activating group) is 1. The number of nitrogens with one attached hydrogen (secondary N) is 1. The van der Waals surface area contributed by atoms with Gasteiger partial charge in [-0.2, -0.15) is 0 Å². The number of ether oxygens (including phenoxy) is 1. The Balaban J connectivity index is -0.000000338. The van der Waals surface area contributed by atoms with Crippen LogP contribution >= 0.6 is 0 Å². The zero-order valence-corrected chi connectivity index (χ0v) is 19.3. The molecule has 0 spiro atoms. The van der Waals surface area contributed by atoms with Crippen LogP contribution in [-0.2, 0) is 19.1 Å². The third-order valence-corrected chi connectivity index (χ3v) is 2.96. The van der Waals surface area contributed by atoms with Crippen molar-refractivity contribution in [3.05, 3.63) is 34.7 Å². The van der Waals surface area contributed by atoms with E-state index < -0.39 is 5.97 Å². The Morgan fingerprint density at radius 3 is 2.04 bits per heavy atom. The van der Waals surface area contributed by atoms with Crippen LogP contribution in [0.4, 0.5) is 0 Å². The third-order valence-electron chi connectivity index (χ3n) is 2.96. The third kappa shape index (κ3) is 26.9. The molecule has 1 saturated heterocycles. The SMILES string of the molecule is C=C(C)C(=O)OCCN(CC)CC.C=CC(=O)O.C=[CH][Na].O=C1CCCN1. The Morgan fingerprint density at radius 2 is 1.81 bits per heavy atom. The van der Waals surface area contributed by atoms with Gasteiger partial charge in [-0.3, -0.25) is 4.79 Å². The van der Waals surface area contributed by atoms with Gasteiger partial charge < -0.3 is 20.1 Å². The Hall–Kier alpha value is -1.41. The summed E-state index contributed by atoms with van der Waals surface area (Å²) in [5.41, 5.74) is 0.458. The predicted molar refractivity (Wildman–Crippen MR) is 110 cm³/mol. The molecule has 0 atom stereocenters. The Labute approximate surface area is 180 Å². The van der Waals surface area contributed by atoms with Crippen molar-refractivity contribution in [2.24, 2.45) is 0 Å². The molecule has 7 nitrogen and oxygen atoms in total. The van der Waals surface area contributed by atoms with Crippen molar-refractivity contribution in [2.45, 2.75) is 33.6 Å². The van der Waals surface area contributed by atoms with Gasteiger partial charge >= 0.3 is 49.8 Å². The summed E-state index contributed by atoms with van der Waals surface area (Å²) in [5, 5.41) is 10.3. The van der Waals surface area contributed by atoms with Gasteiger partial charge in [0.1, 0.15) is 6.61 Å². The van der Waals surface area contributed by atoms with E-state index in [1.54, 1.807) is 6.92 Å². The summed E-state index contributed by atoms with van der Waals surface area (Å²) in [5.74, 6) is -1.08. The molecule has 1 aliphatic heterocycles. The molecule has 1 aliphatic rings. The number of carboxylic acid groups (broad SMARTS) is 1. The summed E-state index contributed by atoms with van der Waals surface area (Å²) in [6.45, 7) is 19.8. The molecular weight excluding hydrogens is 359 g/mol. The van der Waals surface area contributed by atoms with E-state index in [9.17, 15) is 14.4 Å². The maximum absolute atomic E-state index is 11.0. The summed E-state index contributed by atoms with van der Waals surface area (Å²) < 4.78 is 6.85. The number of esters is 1.